The number of hydrogen-bond acceptors (Lipinski definition) is 4. The van der Waals surface area contributed by atoms with Crippen molar-refractivity contribution in [3.8, 4) is 11.5 Å². The lowest BCUT2D eigenvalue weighted by Crippen LogP contribution is -2.34. The quantitative estimate of drug-likeness (QED) is 0.769. The molecule has 3 amide bonds. The summed E-state index contributed by atoms with van der Waals surface area (Å²) in [7, 11) is 1.59. The molecule has 0 aromatic heterocycles. The van der Waals surface area contributed by atoms with Crippen molar-refractivity contribution in [3.63, 3.8) is 0 Å². The summed E-state index contributed by atoms with van der Waals surface area (Å²) in [5.74, 6) is 1.64. The van der Waals surface area contributed by atoms with E-state index in [1.54, 1.807) is 36.3 Å². The second-order valence-corrected chi connectivity index (χ2v) is 6.56. The van der Waals surface area contributed by atoms with Crippen molar-refractivity contribution >= 4 is 23.3 Å². The molecule has 1 atom stereocenters. The lowest BCUT2D eigenvalue weighted by atomic mass is 10.1. The van der Waals surface area contributed by atoms with E-state index in [1.807, 2.05) is 31.2 Å². The highest BCUT2D eigenvalue weighted by Gasteiger charge is 2.30. The largest absolute Gasteiger partial charge is 0.497 e. The SMILES string of the molecule is CCOc1ccc(N2C[C@@H](CNC(=O)Nc3ccc(OC)cc3)CC2=O)cc1. The van der Waals surface area contributed by atoms with Crippen molar-refractivity contribution < 1.29 is 19.1 Å². The monoisotopic (exact) mass is 383 g/mol. The van der Waals surface area contributed by atoms with E-state index >= 15 is 0 Å². The molecule has 1 aliphatic heterocycles. The number of carbonyl (C=O) groups is 2. The van der Waals surface area contributed by atoms with Gasteiger partial charge in [-0.05, 0) is 55.5 Å². The smallest absolute Gasteiger partial charge is 0.319 e. The van der Waals surface area contributed by atoms with E-state index in [1.165, 1.54) is 0 Å². The summed E-state index contributed by atoms with van der Waals surface area (Å²) in [5.41, 5.74) is 1.52. The maximum Gasteiger partial charge on any atom is 0.319 e. The number of methoxy groups -OCH3 is 1. The van der Waals surface area contributed by atoms with Gasteiger partial charge in [0, 0.05) is 36.8 Å². The Morgan fingerprint density at radius 1 is 1.11 bits per heavy atom. The van der Waals surface area contributed by atoms with E-state index < -0.39 is 0 Å². The number of benzene rings is 2. The molecule has 148 valence electrons. The molecule has 0 bridgehead atoms. The van der Waals surface area contributed by atoms with Crippen molar-refractivity contribution in [2.45, 2.75) is 13.3 Å². The number of nitrogens with one attached hydrogen (secondary N) is 2. The van der Waals surface area contributed by atoms with Crippen LogP contribution < -0.4 is 25.0 Å². The maximum atomic E-state index is 12.3. The van der Waals surface area contributed by atoms with Crippen molar-refractivity contribution in [3.05, 3.63) is 48.5 Å². The van der Waals surface area contributed by atoms with Crippen LogP contribution in [0.5, 0.6) is 11.5 Å². The van der Waals surface area contributed by atoms with Crippen molar-refractivity contribution in [2.75, 3.05) is 37.0 Å². The fourth-order valence-electron chi connectivity index (χ4n) is 3.14. The number of amides is 3. The van der Waals surface area contributed by atoms with E-state index in [4.69, 9.17) is 9.47 Å². The van der Waals surface area contributed by atoms with Gasteiger partial charge in [0.25, 0.3) is 0 Å². The Balaban J connectivity index is 1.48. The third-order valence-corrected chi connectivity index (χ3v) is 4.56. The Labute approximate surface area is 164 Å². The zero-order valence-corrected chi connectivity index (χ0v) is 16.1. The summed E-state index contributed by atoms with van der Waals surface area (Å²) in [6, 6.07) is 14.3. The van der Waals surface area contributed by atoms with Gasteiger partial charge >= 0.3 is 6.03 Å². The van der Waals surface area contributed by atoms with Crippen LogP contribution in [0.1, 0.15) is 13.3 Å². The number of rotatable bonds is 7. The first kappa shape index (κ1) is 19.5. The van der Waals surface area contributed by atoms with E-state index in [0.29, 0.717) is 31.8 Å². The normalized spacial score (nSPS) is 16.0. The molecule has 0 unspecified atom stereocenters. The molecule has 28 heavy (non-hydrogen) atoms. The summed E-state index contributed by atoms with van der Waals surface area (Å²) in [6.07, 6.45) is 0.413. The van der Waals surface area contributed by atoms with Gasteiger partial charge in [-0.1, -0.05) is 0 Å². The topological polar surface area (TPSA) is 79.9 Å². The molecule has 2 aromatic rings. The standard InChI is InChI=1S/C21H25N3O4/c1-3-28-19-10-6-17(7-11-19)24-14-15(12-20(24)25)13-22-21(26)23-16-4-8-18(27-2)9-5-16/h4-11,15H,3,12-14H2,1-2H3,(H2,22,23,26)/t15-/m1/s1. The van der Waals surface area contributed by atoms with Gasteiger partial charge in [0.1, 0.15) is 11.5 Å². The zero-order chi connectivity index (χ0) is 19.9. The van der Waals surface area contributed by atoms with Crippen LogP contribution in [0.4, 0.5) is 16.2 Å². The summed E-state index contributed by atoms with van der Waals surface area (Å²) in [5, 5.41) is 5.61. The molecule has 0 saturated carbocycles. The highest BCUT2D eigenvalue weighted by Crippen LogP contribution is 2.26. The Morgan fingerprint density at radius 2 is 1.79 bits per heavy atom. The number of urea groups is 1. The Kier molecular flexibility index (Phi) is 6.37. The molecule has 0 spiro atoms. The fraction of sp³-hybridized carbons (Fsp3) is 0.333. The van der Waals surface area contributed by atoms with Crippen LogP contribution in [0.2, 0.25) is 0 Å². The van der Waals surface area contributed by atoms with Crippen LogP contribution in [-0.2, 0) is 4.79 Å². The van der Waals surface area contributed by atoms with Gasteiger partial charge < -0.3 is 25.0 Å². The molecule has 1 saturated heterocycles. The van der Waals surface area contributed by atoms with Crippen molar-refractivity contribution in [1.82, 2.24) is 5.32 Å². The predicted molar refractivity (Wildman–Crippen MR) is 108 cm³/mol. The third kappa shape index (κ3) is 4.94. The molecule has 1 heterocycles. The van der Waals surface area contributed by atoms with Crippen molar-refractivity contribution in [1.29, 1.82) is 0 Å². The lowest BCUT2D eigenvalue weighted by Gasteiger charge is -2.17. The van der Waals surface area contributed by atoms with Crippen LogP contribution in [0.25, 0.3) is 0 Å². The predicted octanol–water partition coefficient (Wildman–Crippen LogP) is 3.27. The average Bonchev–Trinajstić information content (AvgIpc) is 3.08. The molecule has 2 N–H and O–H groups in total. The maximum absolute atomic E-state index is 12.3. The summed E-state index contributed by atoms with van der Waals surface area (Å²) < 4.78 is 10.5. The first-order chi connectivity index (χ1) is 13.6. The third-order valence-electron chi connectivity index (χ3n) is 4.56. The molecule has 0 aliphatic carbocycles. The van der Waals surface area contributed by atoms with Crippen molar-refractivity contribution in [2.24, 2.45) is 5.92 Å². The van der Waals surface area contributed by atoms with Gasteiger partial charge in [-0.25, -0.2) is 4.79 Å². The Bertz CT molecular complexity index is 805. The minimum absolute atomic E-state index is 0.0616. The molecular weight excluding hydrogens is 358 g/mol. The summed E-state index contributed by atoms with van der Waals surface area (Å²) in [4.78, 5) is 26.2. The number of anilines is 2. The second kappa shape index (κ2) is 9.12. The van der Waals surface area contributed by atoms with E-state index in [0.717, 1.165) is 17.2 Å². The number of ether oxygens (including phenoxy) is 2. The minimum Gasteiger partial charge on any atom is -0.497 e. The lowest BCUT2D eigenvalue weighted by molar-refractivity contribution is -0.117. The van der Waals surface area contributed by atoms with E-state index in [-0.39, 0.29) is 17.9 Å². The summed E-state index contributed by atoms with van der Waals surface area (Å²) in [6.45, 7) is 3.55. The van der Waals surface area contributed by atoms with Gasteiger partial charge in [-0.3, -0.25) is 4.79 Å². The van der Waals surface area contributed by atoms with Gasteiger partial charge in [0.05, 0.1) is 13.7 Å². The van der Waals surface area contributed by atoms with Crippen LogP contribution in [0.3, 0.4) is 0 Å². The molecule has 1 aliphatic rings. The molecule has 7 heteroatoms. The highest BCUT2D eigenvalue weighted by atomic mass is 16.5. The molecule has 2 aromatic carbocycles. The molecule has 7 nitrogen and oxygen atoms in total. The average molecular weight is 383 g/mol. The van der Waals surface area contributed by atoms with Gasteiger partial charge in [0.15, 0.2) is 0 Å². The van der Waals surface area contributed by atoms with Gasteiger partial charge in [0.2, 0.25) is 5.91 Å². The van der Waals surface area contributed by atoms with E-state index in [9.17, 15) is 9.59 Å². The van der Waals surface area contributed by atoms with Crippen LogP contribution in [0.15, 0.2) is 48.5 Å². The molecule has 0 radical (unpaired) electrons. The zero-order valence-electron chi connectivity index (χ0n) is 16.1. The van der Waals surface area contributed by atoms with E-state index in [2.05, 4.69) is 10.6 Å². The second-order valence-electron chi connectivity index (χ2n) is 6.56. The molecule has 1 fully saturated rings. The highest BCUT2D eigenvalue weighted by molar-refractivity contribution is 5.96. The van der Waals surface area contributed by atoms with Crippen LogP contribution >= 0.6 is 0 Å². The minimum atomic E-state index is -0.294. The van der Waals surface area contributed by atoms with Crippen LogP contribution in [0, 0.1) is 5.92 Å². The summed E-state index contributed by atoms with van der Waals surface area (Å²) >= 11 is 0. The van der Waals surface area contributed by atoms with Gasteiger partial charge in [-0.2, -0.15) is 0 Å². The number of hydrogen-bond donors (Lipinski definition) is 2. The Hall–Kier alpha value is -3.22. The Morgan fingerprint density at radius 3 is 2.43 bits per heavy atom. The fourth-order valence-corrected chi connectivity index (χ4v) is 3.14. The molecule has 3 rings (SSSR count). The first-order valence-corrected chi connectivity index (χ1v) is 9.31. The molecular formula is C21H25N3O4. The van der Waals surface area contributed by atoms with Gasteiger partial charge in [-0.15, -0.1) is 0 Å². The number of nitrogens with zero attached hydrogens (tertiary/aromatic N) is 1. The number of carbonyl (C=O) groups excluding carboxylic acids is 2. The van der Waals surface area contributed by atoms with Crippen LogP contribution in [-0.4, -0.2) is 38.7 Å². The first-order valence-electron chi connectivity index (χ1n) is 9.31.